The van der Waals surface area contributed by atoms with Gasteiger partial charge in [-0.2, -0.15) is 0 Å². The minimum absolute atomic E-state index is 0.539. The third-order valence-electron chi connectivity index (χ3n) is 4.81. The lowest BCUT2D eigenvalue weighted by Gasteiger charge is -2.10. The largest absolute Gasteiger partial charge is 0.369 e. The lowest BCUT2D eigenvalue weighted by molar-refractivity contribution is 0.867. The van der Waals surface area contributed by atoms with Gasteiger partial charge in [0.25, 0.3) is 0 Å². The molecule has 0 amide bonds. The maximum Gasteiger partial charge on any atom is 0.138 e. The summed E-state index contributed by atoms with van der Waals surface area (Å²) in [5.74, 6) is 1.46. The molecule has 4 rings (SSSR count). The molecule has 0 saturated heterocycles. The van der Waals surface area contributed by atoms with E-state index in [-0.39, 0.29) is 0 Å². The normalized spacial score (nSPS) is 11.2. The lowest BCUT2D eigenvalue weighted by Crippen LogP contribution is -2.06. The van der Waals surface area contributed by atoms with Crippen molar-refractivity contribution in [3.8, 4) is 11.1 Å². The van der Waals surface area contributed by atoms with Crippen LogP contribution in [0.3, 0.4) is 0 Å². The van der Waals surface area contributed by atoms with E-state index in [4.69, 9.17) is 0 Å². The van der Waals surface area contributed by atoms with Crippen LogP contribution in [0.2, 0.25) is 0 Å². The van der Waals surface area contributed by atoms with Crippen molar-refractivity contribution in [3.05, 3.63) is 77.4 Å². The Bertz CT molecular complexity index is 1020. The van der Waals surface area contributed by atoms with Crippen LogP contribution in [0.25, 0.3) is 21.3 Å². The van der Waals surface area contributed by atoms with Gasteiger partial charge in [0.15, 0.2) is 0 Å². The Morgan fingerprint density at radius 1 is 0.963 bits per heavy atom. The van der Waals surface area contributed by atoms with Crippen LogP contribution in [0, 0.1) is 0 Å². The number of hydrogen-bond donors (Lipinski definition) is 1. The zero-order chi connectivity index (χ0) is 18.6. The topological polar surface area (TPSA) is 37.8 Å². The second kappa shape index (κ2) is 7.89. The molecule has 0 aliphatic carbocycles. The third-order valence-corrected chi connectivity index (χ3v) is 5.69. The summed E-state index contributed by atoms with van der Waals surface area (Å²) in [5, 5.41) is 6.82. The van der Waals surface area contributed by atoms with Gasteiger partial charge < -0.3 is 5.32 Å². The highest BCUT2D eigenvalue weighted by Crippen LogP contribution is 2.36. The molecule has 27 heavy (non-hydrogen) atoms. The maximum atomic E-state index is 4.53. The van der Waals surface area contributed by atoms with Crippen LogP contribution in [-0.2, 0) is 6.42 Å². The van der Waals surface area contributed by atoms with Crippen molar-refractivity contribution < 1.29 is 0 Å². The number of fused-ring (bicyclic) bond motifs is 1. The van der Waals surface area contributed by atoms with E-state index in [1.54, 1.807) is 17.7 Å². The van der Waals surface area contributed by atoms with Gasteiger partial charge in [-0.25, -0.2) is 9.97 Å². The van der Waals surface area contributed by atoms with Crippen molar-refractivity contribution in [2.45, 2.75) is 26.2 Å². The van der Waals surface area contributed by atoms with E-state index < -0.39 is 0 Å². The summed E-state index contributed by atoms with van der Waals surface area (Å²) < 4.78 is 0. The standard InChI is InChI=1S/C23H23N3S/c1-16(2)18-8-10-19(11-9-18)20-14-27-23-21(20)22(25-15-26-23)24-13-12-17-6-4-3-5-7-17/h3-11,14-16H,12-13H2,1-2H3,(H,24,25,26). The van der Waals surface area contributed by atoms with Crippen LogP contribution in [-0.4, -0.2) is 16.5 Å². The zero-order valence-electron chi connectivity index (χ0n) is 15.6. The molecule has 4 heteroatoms. The van der Waals surface area contributed by atoms with Crippen molar-refractivity contribution in [2.24, 2.45) is 0 Å². The smallest absolute Gasteiger partial charge is 0.138 e. The SMILES string of the molecule is CC(C)c1ccc(-c2csc3ncnc(NCCc4ccccc4)c23)cc1. The van der Waals surface area contributed by atoms with E-state index in [0.717, 1.165) is 29.0 Å². The van der Waals surface area contributed by atoms with Crippen molar-refractivity contribution in [3.63, 3.8) is 0 Å². The molecule has 2 aromatic heterocycles. The molecule has 0 radical (unpaired) electrons. The Balaban J connectivity index is 1.61. The molecule has 0 unspecified atom stereocenters. The van der Waals surface area contributed by atoms with Crippen LogP contribution in [0.1, 0.15) is 30.9 Å². The predicted octanol–water partition coefficient (Wildman–Crippen LogP) is 6.14. The number of benzene rings is 2. The zero-order valence-corrected chi connectivity index (χ0v) is 16.5. The fourth-order valence-electron chi connectivity index (χ4n) is 3.24. The Morgan fingerprint density at radius 3 is 2.48 bits per heavy atom. The average Bonchev–Trinajstić information content (AvgIpc) is 3.14. The fourth-order valence-corrected chi connectivity index (χ4v) is 4.16. The molecular weight excluding hydrogens is 350 g/mol. The van der Waals surface area contributed by atoms with Crippen molar-refractivity contribution in [1.29, 1.82) is 0 Å². The molecule has 0 aliphatic heterocycles. The number of anilines is 1. The summed E-state index contributed by atoms with van der Waals surface area (Å²) >= 11 is 1.67. The van der Waals surface area contributed by atoms with E-state index in [1.165, 1.54) is 22.3 Å². The summed E-state index contributed by atoms with van der Waals surface area (Å²) in [7, 11) is 0. The van der Waals surface area contributed by atoms with Crippen molar-refractivity contribution >= 4 is 27.4 Å². The summed E-state index contributed by atoms with van der Waals surface area (Å²) in [6.45, 7) is 5.28. The van der Waals surface area contributed by atoms with Gasteiger partial charge in [-0.15, -0.1) is 11.3 Å². The molecule has 0 bridgehead atoms. The van der Waals surface area contributed by atoms with Gasteiger partial charge in [0.05, 0.1) is 5.39 Å². The number of nitrogens with zero attached hydrogens (tertiary/aromatic N) is 2. The predicted molar refractivity (Wildman–Crippen MR) is 116 cm³/mol. The minimum Gasteiger partial charge on any atom is -0.369 e. The first kappa shape index (κ1) is 17.7. The molecule has 0 fully saturated rings. The van der Waals surface area contributed by atoms with Gasteiger partial charge in [0, 0.05) is 17.5 Å². The molecule has 2 aromatic carbocycles. The molecule has 0 saturated carbocycles. The molecule has 0 spiro atoms. The van der Waals surface area contributed by atoms with Crippen LogP contribution >= 0.6 is 11.3 Å². The summed E-state index contributed by atoms with van der Waals surface area (Å²) in [5.41, 5.74) is 5.10. The van der Waals surface area contributed by atoms with Gasteiger partial charge in [0.2, 0.25) is 0 Å². The molecule has 3 nitrogen and oxygen atoms in total. The van der Waals surface area contributed by atoms with Gasteiger partial charge in [-0.3, -0.25) is 0 Å². The first-order valence-corrected chi connectivity index (χ1v) is 10.2. The first-order valence-electron chi connectivity index (χ1n) is 9.32. The molecule has 1 N–H and O–H groups in total. The lowest BCUT2D eigenvalue weighted by atomic mass is 9.99. The molecular formula is C23H23N3S. The second-order valence-corrected chi connectivity index (χ2v) is 7.85. The maximum absolute atomic E-state index is 4.53. The number of nitrogens with one attached hydrogen (secondary N) is 1. The summed E-state index contributed by atoms with van der Waals surface area (Å²) in [6.07, 6.45) is 2.62. The molecule has 0 aliphatic rings. The van der Waals surface area contributed by atoms with E-state index in [0.29, 0.717) is 5.92 Å². The monoisotopic (exact) mass is 373 g/mol. The van der Waals surface area contributed by atoms with Crippen LogP contribution in [0.15, 0.2) is 66.3 Å². The van der Waals surface area contributed by atoms with Crippen LogP contribution in [0.4, 0.5) is 5.82 Å². The summed E-state index contributed by atoms with van der Waals surface area (Å²) in [4.78, 5) is 10.0. The van der Waals surface area contributed by atoms with Crippen molar-refractivity contribution in [1.82, 2.24) is 9.97 Å². The Kier molecular flexibility index (Phi) is 5.16. The number of thiophene rings is 1. The van der Waals surface area contributed by atoms with Crippen molar-refractivity contribution in [2.75, 3.05) is 11.9 Å². The highest BCUT2D eigenvalue weighted by Gasteiger charge is 2.13. The van der Waals surface area contributed by atoms with E-state index >= 15 is 0 Å². The molecule has 4 aromatic rings. The number of hydrogen-bond acceptors (Lipinski definition) is 4. The van der Waals surface area contributed by atoms with Gasteiger partial charge in [-0.1, -0.05) is 68.4 Å². The number of rotatable bonds is 6. The van der Waals surface area contributed by atoms with Gasteiger partial charge in [-0.05, 0) is 29.0 Å². The van der Waals surface area contributed by atoms with Gasteiger partial charge >= 0.3 is 0 Å². The Hall–Kier alpha value is -2.72. The van der Waals surface area contributed by atoms with E-state index in [1.807, 2.05) is 6.07 Å². The molecule has 2 heterocycles. The molecule has 0 atom stereocenters. The van der Waals surface area contributed by atoms with Crippen LogP contribution < -0.4 is 5.32 Å². The third kappa shape index (κ3) is 3.86. The highest BCUT2D eigenvalue weighted by molar-refractivity contribution is 7.17. The Labute approximate surface area is 164 Å². The minimum atomic E-state index is 0.539. The highest BCUT2D eigenvalue weighted by atomic mass is 32.1. The quantitative estimate of drug-likeness (QED) is 0.441. The fraction of sp³-hybridized carbons (Fsp3) is 0.217. The van der Waals surface area contributed by atoms with Crippen LogP contribution in [0.5, 0.6) is 0 Å². The summed E-state index contributed by atoms with van der Waals surface area (Å²) in [6, 6.07) is 19.4. The van der Waals surface area contributed by atoms with E-state index in [9.17, 15) is 0 Å². The molecule has 136 valence electrons. The second-order valence-electron chi connectivity index (χ2n) is 6.99. The number of aromatic nitrogens is 2. The van der Waals surface area contributed by atoms with Gasteiger partial charge in [0.1, 0.15) is 17.0 Å². The Morgan fingerprint density at radius 2 is 1.74 bits per heavy atom. The average molecular weight is 374 g/mol. The van der Waals surface area contributed by atoms with E-state index in [2.05, 4.69) is 83.0 Å². The first-order chi connectivity index (χ1) is 13.2.